The summed E-state index contributed by atoms with van der Waals surface area (Å²) in [5.74, 6) is 2.43. The standard InChI is InChI=1S/C12H12O/c1-3-10-13-12(4-2)11-8-6-5-7-9-11/h1,4-9,12H,2,10H2. The quantitative estimate of drug-likeness (QED) is 0.501. The molecule has 1 aromatic carbocycles. The topological polar surface area (TPSA) is 9.23 Å². The van der Waals surface area contributed by atoms with Gasteiger partial charge in [0.2, 0.25) is 0 Å². The van der Waals surface area contributed by atoms with E-state index in [2.05, 4.69) is 12.5 Å². The first kappa shape index (κ1) is 9.57. The first-order valence-corrected chi connectivity index (χ1v) is 4.11. The summed E-state index contributed by atoms with van der Waals surface area (Å²) in [6.45, 7) is 4.01. The van der Waals surface area contributed by atoms with Gasteiger partial charge < -0.3 is 4.74 Å². The van der Waals surface area contributed by atoms with Crippen LogP contribution in [0, 0.1) is 12.3 Å². The van der Waals surface area contributed by atoms with Gasteiger partial charge in [-0.3, -0.25) is 0 Å². The Morgan fingerprint density at radius 1 is 1.46 bits per heavy atom. The molecule has 0 aromatic heterocycles. The third-order valence-electron chi connectivity index (χ3n) is 1.69. The van der Waals surface area contributed by atoms with Crippen molar-refractivity contribution in [2.75, 3.05) is 6.61 Å². The number of rotatable bonds is 4. The maximum absolute atomic E-state index is 5.37. The third-order valence-corrected chi connectivity index (χ3v) is 1.69. The van der Waals surface area contributed by atoms with Crippen LogP contribution in [0.5, 0.6) is 0 Å². The predicted octanol–water partition coefficient (Wildman–Crippen LogP) is 2.56. The van der Waals surface area contributed by atoms with Crippen LogP contribution < -0.4 is 0 Å². The van der Waals surface area contributed by atoms with E-state index < -0.39 is 0 Å². The van der Waals surface area contributed by atoms with E-state index in [0.717, 1.165) is 5.56 Å². The van der Waals surface area contributed by atoms with Gasteiger partial charge in [-0.2, -0.15) is 0 Å². The van der Waals surface area contributed by atoms with Crippen molar-refractivity contribution in [3.8, 4) is 12.3 Å². The predicted molar refractivity (Wildman–Crippen MR) is 54.2 cm³/mol. The van der Waals surface area contributed by atoms with Crippen LogP contribution in [0.25, 0.3) is 0 Å². The van der Waals surface area contributed by atoms with Crippen molar-refractivity contribution < 1.29 is 4.74 Å². The highest BCUT2D eigenvalue weighted by Gasteiger charge is 2.04. The van der Waals surface area contributed by atoms with E-state index >= 15 is 0 Å². The average Bonchev–Trinajstić information content (AvgIpc) is 2.21. The maximum Gasteiger partial charge on any atom is 0.108 e. The zero-order valence-corrected chi connectivity index (χ0v) is 7.44. The van der Waals surface area contributed by atoms with Gasteiger partial charge in [0, 0.05) is 0 Å². The lowest BCUT2D eigenvalue weighted by atomic mass is 10.1. The zero-order chi connectivity index (χ0) is 9.52. The van der Waals surface area contributed by atoms with Gasteiger partial charge in [-0.05, 0) is 5.56 Å². The van der Waals surface area contributed by atoms with E-state index in [-0.39, 0.29) is 6.10 Å². The Labute approximate surface area is 79.0 Å². The molecule has 0 radical (unpaired) electrons. The molecule has 1 aromatic rings. The number of benzene rings is 1. The average molecular weight is 172 g/mol. The van der Waals surface area contributed by atoms with Crippen molar-refractivity contribution in [3.63, 3.8) is 0 Å². The third kappa shape index (κ3) is 2.77. The lowest BCUT2D eigenvalue weighted by Gasteiger charge is -2.11. The highest BCUT2D eigenvalue weighted by atomic mass is 16.5. The lowest BCUT2D eigenvalue weighted by Crippen LogP contribution is -2.00. The van der Waals surface area contributed by atoms with Crippen LogP contribution in [0.2, 0.25) is 0 Å². The molecule has 1 rings (SSSR count). The molecule has 1 atom stereocenters. The molecule has 0 heterocycles. The van der Waals surface area contributed by atoms with E-state index in [9.17, 15) is 0 Å². The summed E-state index contributed by atoms with van der Waals surface area (Å²) in [5, 5.41) is 0. The molecule has 0 aliphatic rings. The molecule has 0 aliphatic carbocycles. The summed E-state index contributed by atoms with van der Waals surface area (Å²) < 4.78 is 5.37. The van der Waals surface area contributed by atoms with E-state index in [0.29, 0.717) is 6.61 Å². The molecule has 1 heteroatoms. The van der Waals surface area contributed by atoms with Gasteiger partial charge in [0.15, 0.2) is 0 Å². The maximum atomic E-state index is 5.37. The minimum absolute atomic E-state index is 0.0998. The molecule has 66 valence electrons. The fourth-order valence-corrected chi connectivity index (χ4v) is 1.08. The summed E-state index contributed by atoms with van der Waals surface area (Å²) >= 11 is 0. The Hall–Kier alpha value is -1.52. The molecular weight excluding hydrogens is 160 g/mol. The Bertz CT molecular complexity index is 295. The second-order valence-corrected chi connectivity index (χ2v) is 2.58. The van der Waals surface area contributed by atoms with Crippen molar-refractivity contribution in [2.45, 2.75) is 6.10 Å². The summed E-state index contributed by atoms with van der Waals surface area (Å²) in [5.41, 5.74) is 1.08. The Morgan fingerprint density at radius 3 is 2.69 bits per heavy atom. The smallest absolute Gasteiger partial charge is 0.108 e. The second-order valence-electron chi connectivity index (χ2n) is 2.58. The second kappa shape index (κ2) is 5.18. The van der Waals surface area contributed by atoms with Gasteiger partial charge in [0.25, 0.3) is 0 Å². The minimum Gasteiger partial charge on any atom is -0.357 e. The van der Waals surface area contributed by atoms with E-state index in [1.54, 1.807) is 6.08 Å². The number of hydrogen-bond donors (Lipinski definition) is 0. The Balaban J connectivity index is 2.68. The van der Waals surface area contributed by atoms with Gasteiger partial charge in [-0.1, -0.05) is 42.3 Å². The summed E-state index contributed by atoms with van der Waals surface area (Å²) in [6, 6.07) is 9.87. The Kier molecular flexibility index (Phi) is 3.81. The van der Waals surface area contributed by atoms with Crippen molar-refractivity contribution in [1.82, 2.24) is 0 Å². The van der Waals surface area contributed by atoms with Crippen LogP contribution in [-0.2, 0) is 4.74 Å². The van der Waals surface area contributed by atoms with E-state index in [1.807, 2.05) is 30.3 Å². The SMILES string of the molecule is C#CCOC(C=C)c1ccccc1. The molecule has 0 bridgehead atoms. The van der Waals surface area contributed by atoms with Gasteiger partial charge in [0.05, 0.1) is 0 Å². The molecule has 0 amide bonds. The largest absolute Gasteiger partial charge is 0.357 e. The molecular formula is C12H12O. The van der Waals surface area contributed by atoms with Crippen molar-refractivity contribution in [2.24, 2.45) is 0 Å². The summed E-state index contributed by atoms with van der Waals surface area (Å²) in [4.78, 5) is 0. The van der Waals surface area contributed by atoms with Crippen molar-refractivity contribution in [1.29, 1.82) is 0 Å². The fourth-order valence-electron chi connectivity index (χ4n) is 1.08. The van der Waals surface area contributed by atoms with Crippen LogP contribution in [0.3, 0.4) is 0 Å². The van der Waals surface area contributed by atoms with Gasteiger partial charge >= 0.3 is 0 Å². The summed E-state index contributed by atoms with van der Waals surface area (Å²) in [6.07, 6.45) is 6.74. The van der Waals surface area contributed by atoms with Crippen LogP contribution in [0.4, 0.5) is 0 Å². The van der Waals surface area contributed by atoms with Crippen LogP contribution in [0.1, 0.15) is 11.7 Å². The van der Waals surface area contributed by atoms with Crippen LogP contribution in [0.15, 0.2) is 43.0 Å². The molecule has 0 spiro atoms. The summed E-state index contributed by atoms with van der Waals surface area (Å²) in [7, 11) is 0. The molecule has 1 unspecified atom stereocenters. The lowest BCUT2D eigenvalue weighted by molar-refractivity contribution is 0.114. The van der Waals surface area contributed by atoms with E-state index in [1.165, 1.54) is 0 Å². The fraction of sp³-hybridized carbons (Fsp3) is 0.167. The number of hydrogen-bond acceptors (Lipinski definition) is 1. The first-order chi connectivity index (χ1) is 6.38. The number of terminal acetylenes is 1. The van der Waals surface area contributed by atoms with Gasteiger partial charge in [-0.15, -0.1) is 13.0 Å². The molecule has 13 heavy (non-hydrogen) atoms. The normalized spacial score (nSPS) is 11.6. The molecule has 0 N–H and O–H groups in total. The van der Waals surface area contributed by atoms with Gasteiger partial charge in [-0.25, -0.2) is 0 Å². The molecule has 0 saturated heterocycles. The Morgan fingerprint density at radius 2 is 2.15 bits per heavy atom. The zero-order valence-electron chi connectivity index (χ0n) is 7.44. The molecule has 1 nitrogen and oxygen atoms in total. The first-order valence-electron chi connectivity index (χ1n) is 4.11. The molecule has 0 saturated carbocycles. The number of ether oxygens (including phenoxy) is 1. The van der Waals surface area contributed by atoms with Crippen molar-refractivity contribution in [3.05, 3.63) is 48.6 Å². The van der Waals surface area contributed by atoms with E-state index in [4.69, 9.17) is 11.2 Å². The van der Waals surface area contributed by atoms with Gasteiger partial charge in [0.1, 0.15) is 12.7 Å². The highest BCUT2D eigenvalue weighted by molar-refractivity contribution is 5.20. The molecule has 0 fully saturated rings. The van der Waals surface area contributed by atoms with Crippen LogP contribution >= 0.6 is 0 Å². The minimum atomic E-state index is -0.0998. The highest BCUT2D eigenvalue weighted by Crippen LogP contribution is 2.17. The molecule has 0 aliphatic heterocycles. The monoisotopic (exact) mass is 172 g/mol. The van der Waals surface area contributed by atoms with Crippen LogP contribution in [-0.4, -0.2) is 6.61 Å². The van der Waals surface area contributed by atoms with Crippen molar-refractivity contribution >= 4 is 0 Å².